The lowest BCUT2D eigenvalue weighted by molar-refractivity contribution is 0.466. The molecule has 0 spiro atoms. The minimum Gasteiger partial charge on any atom is -0.506 e. The van der Waals surface area contributed by atoms with E-state index in [-0.39, 0.29) is 5.75 Å². The van der Waals surface area contributed by atoms with E-state index in [1.807, 2.05) is 36.4 Å². The lowest BCUT2D eigenvalue weighted by Crippen LogP contribution is -2.03. The summed E-state index contributed by atoms with van der Waals surface area (Å²) < 4.78 is 0. The van der Waals surface area contributed by atoms with Crippen LogP contribution >= 0.6 is 0 Å². The summed E-state index contributed by atoms with van der Waals surface area (Å²) in [6, 6.07) is 13.6. The number of hydrogen-bond acceptors (Lipinski definition) is 3. The number of fused-ring (bicyclic) bond motifs is 1. The Bertz CT molecular complexity index is 777. The Morgan fingerprint density at radius 3 is 2.33 bits per heavy atom. The van der Waals surface area contributed by atoms with Crippen LogP contribution in [-0.4, -0.2) is 20.1 Å². The van der Waals surface area contributed by atoms with Crippen molar-refractivity contribution in [2.75, 3.05) is 0 Å². The number of nitrogens with zero attached hydrogens (tertiary/aromatic N) is 3. The van der Waals surface area contributed by atoms with E-state index in [1.54, 1.807) is 10.9 Å². The zero-order valence-corrected chi connectivity index (χ0v) is 14.4. The summed E-state index contributed by atoms with van der Waals surface area (Å²) >= 11 is 0. The number of aromatic hydroxyl groups is 1. The van der Waals surface area contributed by atoms with Crippen LogP contribution in [0.2, 0.25) is 0 Å². The van der Waals surface area contributed by atoms with Crippen LogP contribution in [0.25, 0.3) is 16.7 Å². The van der Waals surface area contributed by atoms with Gasteiger partial charge >= 0.3 is 0 Å². The van der Waals surface area contributed by atoms with Gasteiger partial charge in [-0.15, -0.1) is 15.0 Å². The third-order valence-electron chi connectivity index (χ3n) is 4.62. The maximum Gasteiger partial charge on any atom is 0.143 e. The van der Waals surface area contributed by atoms with E-state index in [1.165, 1.54) is 31.2 Å². The molecule has 1 atom stereocenters. The third-order valence-corrected chi connectivity index (χ3v) is 4.62. The summed E-state index contributed by atoms with van der Waals surface area (Å²) in [4.78, 5) is 1.54. The smallest absolute Gasteiger partial charge is 0.143 e. The van der Waals surface area contributed by atoms with Gasteiger partial charge in [0, 0.05) is 0 Å². The zero-order valence-electron chi connectivity index (χ0n) is 14.4. The quantitative estimate of drug-likeness (QED) is 0.608. The highest BCUT2D eigenvalue weighted by Gasteiger charge is 2.14. The number of unbranched alkanes of at least 4 members (excludes halogenated alkanes) is 2. The Labute approximate surface area is 143 Å². The number of phenols is 1. The average molecular weight is 323 g/mol. The second-order valence-corrected chi connectivity index (χ2v) is 6.33. The second kappa shape index (κ2) is 7.47. The van der Waals surface area contributed by atoms with Gasteiger partial charge in [0.25, 0.3) is 0 Å². The minimum atomic E-state index is 0.211. The van der Waals surface area contributed by atoms with Crippen LogP contribution in [0, 0.1) is 0 Å². The SMILES string of the molecule is CCCCCC(CC)c1ccc(O)c(-n2nc3ccccc3n2)c1. The first-order valence-corrected chi connectivity index (χ1v) is 8.88. The average Bonchev–Trinajstić information content (AvgIpc) is 3.03. The fourth-order valence-electron chi connectivity index (χ4n) is 3.17. The van der Waals surface area contributed by atoms with Crippen molar-refractivity contribution < 1.29 is 5.11 Å². The van der Waals surface area contributed by atoms with Gasteiger partial charge in [-0.2, -0.15) is 0 Å². The highest BCUT2D eigenvalue weighted by molar-refractivity contribution is 5.73. The van der Waals surface area contributed by atoms with Crippen molar-refractivity contribution in [2.45, 2.75) is 51.9 Å². The number of rotatable bonds is 7. The number of phenolic OH excluding ortho intramolecular Hbond substituents is 1. The third kappa shape index (κ3) is 3.42. The first kappa shape index (κ1) is 16.5. The monoisotopic (exact) mass is 323 g/mol. The zero-order chi connectivity index (χ0) is 16.9. The second-order valence-electron chi connectivity index (χ2n) is 6.33. The standard InChI is InChI=1S/C20H25N3O/c1-3-5-6-9-15(4-2)16-12-13-20(24)19(14-16)23-21-17-10-7-8-11-18(17)22-23/h7-8,10-15,24H,3-6,9H2,1-2H3. The van der Waals surface area contributed by atoms with E-state index >= 15 is 0 Å². The van der Waals surface area contributed by atoms with E-state index in [9.17, 15) is 5.11 Å². The van der Waals surface area contributed by atoms with Crippen LogP contribution in [0.1, 0.15) is 57.4 Å². The van der Waals surface area contributed by atoms with Crippen LogP contribution in [0.4, 0.5) is 0 Å². The summed E-state index contributed by atoms with van der Waals surface area (Å²) in [6.45, 7) is 4.46. The van der Waals surface area contributed by atoms with Crippen molar-refractivity contribution in [2.24, 2.45) is 0 Å². The Kier molecular flexibility index (Phi) is 5.14. The van der Waals surface area contributed by atoms with Crippen molar-refractivity contribution in [3.8, 4) is 11.4 Å². The molecule has 4 heteroatoms. The molecule has 24 heavy (non-hydrogen) atoms. The fourth-order valence-corrected chi connectivity index (χ4v) is 3.17. The maximum atomic E-state index is 10.3. The van der Waals surface area contributed by atoms with Crippen LogP contribution in [0.3, 0.4) is 0 Å². The largest absolute Gasteiger partial charge is 0.506 e. The molecule has 1 heterocycles. The molecule has 0 aliphatic heterocycles. The van der Waals surface area contributed by atoms with Crippen LogP contribution in [0.15, 0.2) is 42.5 Å². The lowest BCUT2D eigenvalue weighted by atomic mass is 9.90. The minimum absolute atomic E-state index is 0.211. The summed E-state index contributed by atoms with van der Waals surface area (Å²) in [6.07, 6.45) is 6.04. The molecule has 0 radical (unpaired) electrons. The molecule has 3 rings (SSSR count). The molecule has 126 valence electrons. The summed E-state index contributed by atoms with van der Waals surface area (Å²) in [5, 5.41) is 19.3. The van der Waals surface area contributed by atoms with E-state index in [0.717, 1.165) is 17.5 Å². The molecule has 2 aromatic carbocycles. The van der Waals surface area contributed by atoms with Gasteiger partial charge in [0.15, 0.2) is 0 Å². The van der Waals surface area contributed by atoms with Gasteiger partial charge in [-0.25, -0.2) is 0 Å². The molecule has 1 unspecified atom stereocenters. The lowest BCUT2D eigenvalue weighted by Gasteiger charge is -2.16. The first-order valence-electron chi connectivity index (χ1n) is 8.88. The predicted molar refractivity (Wildman–Crippen MR) is 97.7 cm³/mol. The Morgan fingerprint density at radius 1 is 1.00 bits per heavy atom. The van der Waals surface area contributed by atoms with E-state index in [4.69, 9.17) is 0 Å². The molecule has 0 aliphatic rings. The Hall–Kier alpha value is -2.36. The van der Waals surface area contributed by atoms with Gasteiger partial charge in [0.1, 0.15) is 22.5 Å². The molecule has 0 aliphatic carbocycles. The maximum absolute atomic E-state index is 10.3. The molecule has 1 aromatic heterocycles. The van der Waals surface area contributed by atoms with Crippen molar-refractivity contribution >= 4 is 11.0 Å². The summed E-state index contributed by atoms with van der Waals surface area (Å²) in [5.74, 6) is 0.725. The molecular weight excluding hydrogens is 298 g/mol. The van der Waals surface area contributed by atoms with Gasteiger partial charge in [0.2, 0.25) is 0 Å². The summed E-state index contributed by atoms with van der Waals surface area (Å²) in [7, 11) is 0. The van der Waals surface area contributed by atoms with E-state index < -0.39 is 0 Å². The molecule has 0 amide bonds. The Morgan fingerprint density at radius 2 is 1.71 bits per heavy atom. The van der Waals surface area contributed by atoms with Gasteiger partial charge < -0.3 is 5.11 Å². The normalized spacial score (nSPS) is 12.6. The number of benzene rings is 2. The Balaban J connectivity index is 1.93. The highest BCUT2D eigenvalue weighted by atomic mass is 16.3. The van der Waals surface area contributed by atoms with E-state index in [2.05, 4.69) is 24.0 Å². The molecule has 3 aromatic rings. The summed E-state index contributed by atoms with van der Waals surface area (Å²) in [5.41, 5.74) is 3.56. The molecule has 0 bridgehead atoms. The fraction of sp³-hybridized carbons (Fsp3) is 0.400. The predicted octanol–water partition coefficient (Wildman–Crippen LogP) is 5.20. The van der Waals surface area contributed by atoms with Crippen molar-refractivity contribution in [1.29, 1.82) is 0 Å². The molecule has 1 N–H and O–H groups in total. The van der Waals surface area contributed by atoms with Crippen LogP contribution in [-0.2, 0) is 0 Å². The van der Waals surface area contributed by atoms with Crippen molar-refractivity contribution in [3.05, 3.63) is 48.0 Å². The molecule has 0 saturated carbocycles. The van der Waals surface area contributed by atoms with E-state index in [0.29, 0.717) is 11.6 Å². The van der Waals surface area contributed by atoms with Crippen molar-refractivity contribution in [1.82, 2.24) is 15.0 Å². The topological polar surface area (TPSA) is 50.9 Å². The van der Waals surface area contributed by atoms with Gasteiger partial charge in [-0.1, -0.05) is 51.3 Å². The van der Waals surface area contributed by atoms with Crippen LogP contribution in [0.5, 0.6) is 5.75 Å². The molecular formula is C20H25N3O. The number of aromatic nitrogens is 3. The molecule has 4 nitrogen and oxygen atoms in total. The van der Waals surface area contributed by atoms with Gasteiger partial charge in [-0.3, -0.25) is 0 Å². The van der Waals surface area contributed by atoms with Crippen LogP contribution < -0.4 is 0 Å². The number of hydrogen-bond donors (Lipinski definition) is 1. The highest BCUT2D eigenvalue weighted by Crippen LogP contribution is 2.31. The molecule has 0 saturated heterocycles. The van der Waals surface area contributed by atoms with Gasteiger partial charge in [0.05, 0.1) is 0 Å². The first-order chi connectivity index (χ1) is 11.7. The van der Waals surface area contributed by atoms with Crippen molar-refractivity contribution in [3.63, 3.8) is 0 Å². The molecule has 0 fully saturated rings. The van der Waals surface area contributed by atoms with Gasteiger partial charge in [-0.05, 0) is 48.6 Å².